The average Bonchev–Trinajstić information content (AvgIpc) is 2.97. The number of methoxy groups -OCH3 is 1. The van der Waals surface area contributed by atoms with Gasteiger partial charge in [-0.15, -0.1) is 0 Å². The monoisotopic (exact) mass is 396 g/mol. The van der Waals surface area contributed by atoms with E-state index in [0.29, 0.717) is 24.7 Å². The normalized spacial score (nSPS) is 15.2. The standard InChI is InChI=1S/C23H28N2O4/c1-4-5-8-13-29-20-12-11-17(14-21(20)28-3)15-25-19-10-7-6-9-18(19)22(23(25)27)24-16(2)26/h6-7,9-12,14,22H,4-5,8,13,15H2,1-3H3,(H,24,26)/t22-/m1/s1. The third kappa shape index (κ3) is 4.70. The van der Waals surface area contributed by atoms with Crippen molar-refractivity contribution in [1.29, 1.82) is 0 Å². The number of benzene rings is 2. The lowest BCUT2D eigenvalue weighted by atomic mass is 10.1. The first-order valence-corrected chi connectivity index (χ1v) is 10.0. The zero-order valence-corrected chi connectivity index (χ0v) is 17.2. The molecule has 6 nitrogen and oxygen atoms in total. The summed E-state index contributed by atoms with van der Waals surface area (Å²) in [5.41, 5.74) is 2.56. The van der Waals surface area contributed by atoms with E-state index < -0.39 is 6.04 Å². The zero-order chi connectivity index (χ0) is 20.8. The molecule has 0 fully saturated rings. The summed E-state index contributed by atoms with van der Waals surface area (Å²) in [4.78, 5) is 26.2. The Hall–Kier alpha value is -3.02. The van der Waals surface area contributed by atoms with Crippen molar-refractivity contribution in [3.05, 3.63) is 53.6 Å². The number of nitrogens with zero attached hydrogens (tertiary/aromatic N) is 1. The third-order valence-corrected chi connectivity index (χ3v) is 4.97. The van der Waals surface area contributed by atoms with Crippen molar-refractivity contribution >= 4 is 17.5 Å². The van der Waals surface area contributed by atoms with Gasteiger partial charge in [-0.25, -0.2) is 0 Å². The number of ether oxygens (including phenoxy) is 2. The molecule has 154 valence electrons. The molecule has 0 aliphatic carbocycles. The number of nitrogens with one attached hydrogen (secondary N) is 1. The number of unbranched alkanes of at least 4 members (excludes halogenated alkanes) is 2. The van der Waals surface area contributed by atoms with E-state index in [2.05, 4.69) is 12.2 Å². The van der Waals surface area contributed by atoms with Gasteiger partial charge in [-0.3, -0.25) is 9.59 Å². The Kier molecular flexibility index (Phi) is 6.75. The van der Waals surface area contributed by atoms with Crippen molar-refractivity contribution in [2.75, 3.05) is 18.6 Å². The molecule has 1 aliphatic heterocycles. The van der Waals surface area contributed by atoms with E-state index in [1.165, 1.54) is 6.92 Å². The molecule has 0 spiro atoms. The Balaban J connectivity index is 1.78. The highest BCUT2D eigenvalue weighted by Gasteiger charge is 2.37. The van der Waals surface area contributed by atoms with E-state index in [1.54, 1.807) is 12.0 Å². The number of amides is 2. The topological polar surface area (TPSA) is 67.9 Å². The second kappa shape index (κ2) is 9.45. The van der Waals surface area contributed by atoms with Gasteiger partial charge in [0.1, 0.15) is 6.04 Å². The maximum Gasteiger partial charge on any atom is 0.254 e. The van der Waals surface area contributed by atoms with Crippen LogP contribution in [0.1, 0.15) is 50.3 Å². The van der Waals surface area contributed by atoms with Crippen molar-refractivity contribution in [1.82, 2.24) is 5.32 Å². The van der Waals surface area contributed by atoms with Gasteiger partial charge in [0.2, 0.25) is 5.91 Å². The summed E-state index contributed by atoms with van der Waals surface area (Å²) in [6.07, 6.45) is 3.28. The highest BCUT2D eigenvalue weighted by atomic mass is 16.5. The maximum absolute atomic E-state index is 13.0. The molecule has 1 aliphatic rings. The van der Waals surface area contributed by atoms with E-state index in [0.717, 1.165) is 36.1 Å². The van der Waals surface area contributed by atoms with Gasteiger partial charge in [0, 0.05) is 18.2 Å². The Labute approximate surface area is 171 Å². The molecule has 2 aromatic carbocycles. The second-order valence-electron chi connectivity index (χ2n) is 7.16. The third-order valence-electron chi connectivity index (χ3n) is 4.97. The van der Waals surface area contributed by atoms with Crippen LogP contribution in [0.4, 0.5) is 5.69 Å². The molecular weight excluding hydrogens is 368 g/mol. The van der Waals surface area contributed by atoms with E-state index in [-0.39, 0.29) is 11.8 Å². The van der Waals surface area contributed by atoms with Crippen LogP contribution in [0.25, 0.3) is 0 Å². The number of rotatable bonds is 9. The van der Waals surface area contributed by atoms with Crippen molar-refractivity contribution in [3.8, 4) is 11.5 Å². The fourth-order valence-electron chi connectivity index (χ4n) is 3.54. The molecule has 0 saturated carbocycles. The van der Waals surface area contributed by atoms with Crippen LogP contribution in [0.5, 0.6) is 11.5 Å². The molecule has 1 atom stereocenters. The lowest BCUT2D eigenvalue weighted by Gasteiger charge is -2.19. The first-order chi connectivity index (χ1) is 14.0. The molecule has 0 saturated heterocycles. The van der Waals surface area contributed by atoms with E-state index in [9.17, 15) is 9.59 Å². The van der Waals surface area contributed by atoms with Gasteiger partial charge in [0.05, 0.1) is 20.3 Å². The Morgan fingerprint density at radius 1 is 1.14 bits per heavy atom. The van der Waals surface area contributed by atoms with Crippen LogP contribution < -0.4 is 19.7 Å². The smallest absolute Gasteiger partial charge is 0.254 e. The summed E-state index contributed by atoms with van der Waals surface area (Å²) in [5.74, 6) is 0.987. The number of anilines is 1. The number of para-hydroxylation sites is 1. The van der Waals surface area contributed by atoms with Crippen LogP contribution in [0.3, 0.4) is 0 Å². The fraction of sp³-hybridized carbons (Fsp3) is 0.391. The van der Waals surface area contributed by atoms with Crippen molar-refractivity contribution in [3.63, 3.8) is 0 Å². The van der Waals surface area contributed by atoms with Crippen LogP contribution in [0.2, 0.25) is 0 Å². The molecule has 29 heavy (non-hydrogen) atoms. The summed E-state index contributed by atoms with van der Waals surface area (Å²) >= 11 is 0. The average molecular weight is 396 g/mol. The van der Waals surface area contributed by atoms with Crippen LogP contribution >= 0.6 is 0 Å². The minimum Gasteiger partial charge on any atom is -0.493 e. The van der Waals surface area contributed by atoms with E-state index >= 15 is 0 Å². The number of fused-ring (bicyclic) bond motifs is 1. The number of carbonyl (C=O) groups excluding carboxylic acids is 2. The minimum absolute atomic E-state index is 0.139. The molecule has 1 N–H and O–H groups in total. The van der Waals surface area contributed by atoms with Crippen LogP contribution in [0, 0.1) is 0 Å². The lowest BCUT2D eigenvalue weighted by Crippen LogP contribution is -2.36. The molecule has 2 amide bonds. The highest BCUT2D eigenvalue weighted by molar-refractivity contribution is 6.06. The molecule has 0 radical (unpaired) electrons. The molecule has 3 rings (SSSR count). The van der Waals surface area contributed by atoms with Crippen LogP contribution in [-0.2, 0) is 16.1 Å². The van der Waals surface area contributed by atoms with E-state index in [1.807, 2.05) is 42.5 Å². The lowest BCUT2D eigenvalue weighted by molar-refractivity contribution is -0.126. The molecule has 2 aromatic rings. The van der Waals surface area contributed by atoms with Crippen molar-refractivity contribution < 1.29 is 19.1 Å². The number of hydrogen-bond acceptors (Lipinski definition) is 4. The summed E-state index contributed by atoms with van der Waals surface area (Å²) in [7, 11) is 1.61. The summed E-state index contributed by atoms with van der Waals surface area (Å²) in [5, 5.41) is 2.75. The predicted octanol–water partition coefficient (Wildman–Crippen LogP) is 3.99. The second-order valence-corrected chi connectivity index (χ2v) is 7.16. The van der Waals surface area contributed by atoms with Crippen molar-refractivity contribution in [2.24, 2.45) is 0 Å². The Morgan fingerprint density at radius 2 is 1.93 bits per heavy atom. The first kappa shape index (κ1) is 20.7. The van der Waals surface area contributed by atoms with Gasteiger partial charge in [-0.05, 0) is 30.2 Å². The summed E-state index contributed by atoms with van der Waals surface area (Å²) in [6.45, 7) is 4.62. The fourth-order valence-corrected chi connectivity index (χ4v) is 3.54. The molecular formula is C23H28N2O4. The Morgan fingerprint density at radius 3 is 2.66 bits per heavy atom. The summed E-state index contributed by atoms with van der Waals surface area (Å²) < 4.78 is 11.3. The van der Waals surface area contributed by atoms with Gasteiger partial charge in [-0.1, -0.05) is 44.0 Å². The van der Waals surface area contributed by atoms with Gasteiger partial charge in [-0.2, -0.15) is 0 Å². The van der Waals surface area contributed by atoms with Gasteiger partial charge < -0.3 is 19.7 Å². The van der Waals surface area contributed by atoms with Gasteiger partial charge in [0.15, 0.2) is 11.5 Å². The molecule has 0 aromatic heterocycles. The zero-order valence-electron chi connectivity index (χ0n) is 17.2. The van der Waals surface area contributed by atoms with Crippen molar-refractivity contribution in [2.45, 2.75) is 45.7 Å². The number of hydrogen-bond donors (Lipinski definition) is 1. The summed E-state index contributed by atoms with van der Waals surface area (Å²) in [6, 6.07) is 12.6. The van der Waals surface area contributed by atoms with E-state index in [4.69, 9.17) is 9.47 Å². The molecule has 6 heteroatoms. The highest BCUT2D eigenvalue weighted by Crippen LogP contribution is 2.37. The Bertz CT molecular complexity index is 881. The van der Waals surface area contributed by atoms with Crippen LogP contribution in [-0.4, -0.2) is 25.5 Å². The molecule has 0 bridgehead atoms. The predicted molar refractivity (Wildman–Crippen MR) is 112 cm³/mol. The molecule has 1 heterocycles. The quantitative estimate of drug-likeness (QED) is 0.651. The first-order valence-electron chi connectivity index (χ1n) is 10.0. The number of carbonyl (C=O) groups is 2. The van der Waals surface area contributed by atoms with Gasteiger partial charge in [0.25, 0.3) is 5.91 Å². The largest absolute Gasteiger partial charge is 0.493 e. The maximum atomic E-state index is 13.0. The molecule has 0 unspecified atom stereocenters. The van der Waals surface area contributed by atoms with Crippen LogP contribution in [0.15, 0.2) is 42.5 Å². The van der Waals surface area contributed by atoms with Gasteiger partial charge >= 0.3 is 0 Å². The SMILES string of the molecule is CCCCCOc1ccc(CN2C(=O)[C@H](NC(C)=O)c3ccccc32)cc1OC. The minimum atomic E-state index is -0.647.